The average molecular weight is 427 g/mol. The van der Waals surface area contributed by atoms with Gasteiger partial charge < -0.3 is 4.52 Å². The van der Waals surface area contributed by atoms with Crippen molar-refractivity contribution in [2.45, 2.75) is 16.8 Å². The second kappa shape index (κ2) is 8.93. The lowest BCUT2D eigenvalue weighted by atomic mass is 9.91. The van der Waals surface area contributed by atoms with Crippen LogP contribution in [0.4, 0.5) is 0 Å². The van der Waals surface area contributed by atoms with Crippen molar-refractivity contribution < 1.29 is 4.52 Å². The molecule has 0 bridgehead atoms. The van der Waals surface area contributed by atoms with E-state index in [2.05, 4.69) is 49.9 Å². The zero-order valence-corrected chi connectivity index (χ0v) is 17.3. The molecule has 0 N–H and O–H groups in total. The minimum atomic E-state index is -0.0976. The van der Waals surface area contributed by atoms with E-state index in [-0.39, 0.29) is 5.92 Å². The minimum absolute atomic E-state index is 0.0976. The van der Waals surface area contributed by atoms with Crippen LogP contribution >= 0.6 is 11.8 Å². The molecular formula is C23H18N6OS. The average Bonchev–Trinajstić information content (AvgIpc) is 3.50. The Hall–Kier alpha value is -3.78. The maximum absolute atomic E-state index is 5.57. The molecule has 0 fully saturated rings. The highest BCUT2D eigenvalue weighted by molar-refractivity contribution is 7.98. The molecular weight excluding hydrogens is 408 g/mol. The molecule has 0 unspecified atom stereocenters. The third kappa shape index (κ3) is 4.24. The Balaban J connectivity index is 1.38. The molecule has 0 atom stereocenters. The number of nitrogens with zero attached hydrogens (tertiary/aromatic N) is 6. The van der Waals surface area contributed by atoms with Gasteiger partial charge in [0.2, 0.25) is 11.0 Å². The summed E-state index contributed by atoms with van der Waals surface area (Å²) in [6.45, 7) is 0. The molecule has 3 aromatic carbocycles. The first-order chi connectivity index (χ1) is 15.4. The Morgan fingerprint density at radius 1 is 0.806 bits per heavy atom. The number of thioether (sulfide) groups is 1. The molecule has 8 heteroatoms. The Morgan fingerprint density at radius 2 is 1.42 bits per heavy atom. The first-order valence-corrected chi connectivity index (χ1v) is 10.8. The molecule has 5 aromatic rings. The van der Waals surface area contributed by atoms with Crippen LogP contribution in [0.25, 0.3) is 5.69 Å². The summed E-state index contributed by atoms with van der Waals surface area (Å²) in [5, 5.41) is 17.0. The molecule has 0 aliphatic rings. The topological polar surface area (TPSA) is 82.5 Å². The molecule has 5 rings (SSSR count). The number of para-hydroxylation sites is 1. The van der Waals surface area contributed by atoms with Gasteiger partial charge >= 0.3 is 0 Å². The fourth-order valence-electron chi connectivity index (χ4n) is 3.35. The zero-order valence-electron chi connectivity index (χ0n) is 16.4. The van der Waals surface area contributed by atoms with Crippen molar-refractivity contribution in [3.63, 3.8) is 0 Å². The molecule has 7 nitrogen and oxygen atoms in total. The van der Waals surface area contributed by atoms with Gasteiger partial charge in [0.05, 0.1) is 17.4 Å². The lowest BCUT2D eigenvalue weighted by Gasteiger charge is -2.14. The van der Waals surface area contributed by atoms with E-state index >= 15 is 0 Å². The Morgan fingerprint density at radius 3 is 2.06 bits per heavy atom. The molecule has 31 heavy (non-hydrogen) atoms. The van der Waals surface area contributed by atoms with Crippen LogP contribution in [0.1, 0.15) is 28.8 Å². The van der Waals surface area contributed by atoms with E-state index in [1.807, 2.05) is 66.7 Å². The van der Waals surface area contributed by atoms with E-state index in [0.29, 0.717) is 22.6 Å². The molecule has 0 amide bonds. The van der Waals surface area contributed by atoms with Gasteiger partial charge in [-0.15, -0.1) is 5.10 Å². The lowest BCUT2D eigenvalue weighted by Crippen LogP contribution is -2.05. The van der Waals surface area contributed by atoms with Crippen LogP contribution in [0.15, 0.2) is 101 Å². The minimum Gasteiger partial charge on any atom is -0.338 e. The summed E-state index contributed by atoms with van der Waals surface area (Å²) < 4.78 is 7.27. The van der Waals surface area contributed by atoms with E-state index in [1.165, 1.54) is 11.8 Å². The predicted molar refractivity (Wildman–Crippen MR) is 117 cm³/mol. The first-order valence-electron chi connectivity index (χ1n) is 9.77. The van der Waals surface area contributed by atoms with Crippen molar-refractivity contribution in [1.82, 2.24) is 30.3 Å². The van der Waals surface area contributed by atoms with Gasteiger partial charge in [-0.1, -0.05) is 95.8 Å². The number of tetrazole rings is 1. The molecule has 0 aliphatic heterocycles. The molecule has 0 spiro atoms. The second-order valence-corrected chi connectivity index (χ2v) is 7.74. The van der Waals surface area contributed by atoms with Gasteiger partial charge in [-0.25, -0.2) is 0 Å². The van der Waals surface area contributed by atoms with Gasteiger partial charge in [-0.2, -0.15) is 9.67 Å². The summed E-state index contributed by atoms with van der Waals surface area (Å²) >= 11 is 1.45. The van der Waals surface area contributed by atoms with Crippen LogP contribution in [0, 0.1) is 0 Å². The summed E-state index contributed by atoms with van der Waals surface area (Å²) in [5.74, 6) is 1.53. The summed E-state index contributed by atoms with van der Waals surface area (Å²) in [4.78, 5) is 4.69. The van der Waals surface area contributed by atoms with E-state index in [1.54, 1.807) is 4.68 Å². The molecule has 0 saturated carbocycles. The SMILES string of the molecule is c1ccc(C(c2ccccc2)c2noc(CSc3nnnn3-c3ccccc3)n2)cc1. The van der Waals surface area contributed by atoms with Crippen LogP contribution in [0.3, 0.4) is 0 Å². The van der Waals surface area contributed by atoms with Crippen LogP contribution in [-0.4, -0.2) is 30.3 Å². The van der Waals surface area contributed by atoms with Crippen molar-refractivity contribution in [2.75, 3.05) is 0 Å². The standard InChI is InChI=1S/C23H18N6OS/c1-4-10-17(11-5-1)21(18-12-6-2-7-13-18)22-24-20(30-26-22)16-31-23-25-27-28-29(23)19-14-8-3-9-15-19/h1-15,21H,16H2. The third-order valence-corrected chi connectivity index (χ3v) is 5.68. The number of hydrogen-bond donors (Lipinski definition) is 0. The highest BCUT2D eigenvalue weighted by Gasteiger charge is 2.22. The van der Waals surface area contributed by atoms with E-state index in [4.69, 9.17) is 4.52 Å². The molecule has 152 valence electrons. The van der Waals surface area contributed by atoms with E-state index in [0.717, 1.165) is 16.8 Å². The summed E-state index contributed by atoms with van der Waals surface area (Å²) in [6, 6.07) is 30.2. The summed E-state index contributed by atoms with van der Waals surface area (Å²) in [6.07, 6.45) is 0. The first kappa shape index (κ1) is 19.2. The highest BCUT2D eigenvalue weighted by atomic mass is 32.2. The van der Waals surface area contributed by atoms with E-state index in [9.17, 15) is 0 Å². The third-order valence-electron chi connectivity index (χ3n) is 4.77. The van der Waals surface area contributed by atoms with Gasteiger partial charge in [-0.3, -0.25) is 0 Å². The van der Waals surface area contributed by atoms with Crippen molar-refractivity contribution in [1.29, 1.82) is 0 Å². The monoisotopic (exact) mass is 426 g/mol. The highest BCUT2D eigenvalue weighted by Crippen LogP contribution is 2.30. The Labute approximate surface area is 183 Å². The van der Waals surface area contributed by atoms with Crippen molar-refractivity contribution >= 4 is 11.8 Å². The molecule has 0 radical (unpaired) electrons. The van der Waals surface area contributed by atoms with Gasteiger partial charge in [0.25, 0.3) is 0 Å². The fraction of sp³-hybridized carbons (Fsp3) is 0.0870. The second-order valence-electron chi connectivity index (χ2n) is 6.80. The maximum Gasteiger partial charge on any atom is 0.237 e. The van der Waals surface area contributed by atoms with Crippen molar-refractivity contribution in [3.05, 3.63) is 114 Å². The van der Waals surface area contributed by atoms with Crippen LogP contribution in [0.2, 0.25) is 0 Å². The smallest absolute Gasteiger partial charge is 0.237 e. The largest absolute Gasteiger partial charge is 0.338 e. The maximum atomic E-state index is 5.57. The van der Waals surface area contributed by atoms with E-state index < -0.39 is 0 Å². The summed E-state index contributed by atoms with van der Waals surface area (Å²) in [7, 11) is 0. The normalized spacial score (nSPS) is 11.1. The fourth-order valence-corrected chi connectivity index (χ4v) is 4.08. The number of aromatic nitrogens is 6. The van der Waals surface area contributed by atoms with Crippen molar-refractivity contribution in [3.8, 4) is 5.69 Å². The van der Waals surface area contributed by atoms with Crippen LogP contribution in [0.5, 0.6) is 0 Å². The number of hydrogen-bond acceptors (Lipinski definition) is 7. The number of benzene rings is 3. The molecule has 0 saturated heterocycles. The Bertz CT molecular complexity index is 1200. The lowest BCUT2D eigenvalue weighted by molar-refractivity contribution is 0.384. The van der Waals surface area contributed by atoms with Crippen LogP contribution in [-0.2, 0) is 5.75 Å². The van der Waals surface area contributed by atoms with Gasteiger partial charge in [0.1, 0.15) is 0 Å². The molecule has 2 heterocycles. The summed E-state index contributed by atoms with van der Waals surface area (Å²) in [5.41, 5.74) is 3.12. The van der Waals surface area contributed by atoms with Gasteiger partial charge in [0, 0.05) is 0 Å². The molecule has 0 aliphatic carbocycles. The molecule has 2 aromatic heterocycles. The zero-order chi connectivity index (χ0) is 20.9. The predicted octanol–water partition coefficient (Wildman–Crippen LogP) is 4.52. The van der Waals surface area contributed by atoms with Gasteiger partial charge in [0.15, 0.2) is 5.82 Å². The quantitative estimate of drug-likeness (QED) is 0.354. The van der Waals surface area contributed by atoms with Crippen LogP contribution < -0.4 is 0 Å². The number of rotatable bonds is 7. The van der Waals surface area contributed by atoms with Crippen molar-refractivity contribution in [2.24, 2.45) is 0 Å². The Kier molecular flexibility index (Phi) is 5.53. The van der Waals surface area contributed by atoms with Gasteiger partial charge in [-0.05, 0) is 33.7 Å².